The van der Waals surface area contributed by atoms with Crippen molar-refractivity contribution in [1.29, 1.82) is 0 Å². The third kappa shape index (κ3) is 3.44. The van der Waals surface area contributed by atoms with Crippen LogP contribution < -0.4 is 15.2 Å². The van der Waals surface area contributed by atoms with Crippen molar-refractivity contribution in [3.05, 3.63) is 23.8 Å². The van der Waals surface area contributed by atoms with Crippen LogP contribution in [0.25, 0.3) is 0 Å². The highest BCUT2D eigenvalue weighted by molar-refractivity contribution is 5.70. The van der Waals surface area contributed by atoms with E-state index in [1.165, 1.54) is 26.4 Å². The highest BCUT2D eigenvalue weighted by atomic mass is 16.5. The molecule has 5 heteroatoms. The van der Waals surface area contributed by atoms with Crippen molar-refractivity contribution in [2.45, 2.75) is 44.2 Å². The number of carbonyl (C=O) groups is 1. The van der Waals surface area contributed by atoms with Crippen molar-refractivity contribution in [3.63, 3.8) is 0 Å². The van der Waals surface area contributed by atoms with Crippen LogP contribution in [0.3, 0.4) is 0 Å². The smallest absolute Gasteiger partial charge is 0.307 e. The molecule has 3 rings (SSSR count). The van der Waals surface area contributed by atoms with Gasteiger partial charge in [0.15, 0.2) is 11.5 Å². The van der Waals surface area contributed by atoms with Gasteiger partial charge < -0.3 is 19.9 Å². The van der Waals surface area contributed by atoms with E-state index in [-0.39, 0.29) is 18.5 Å². The van der Waals surface area contributed by atoms with Gasteiger partial charge in [0, 0.05) is 6.04 Å². The zero-order valence-corrected chi connectivity index (χ0v) is 13.8. The van der Waals surface area contributed by atoms with E-state index in [4.69, 9.17) is 15.2 Å². The maximum atomic E-state index is 11.4. The van der Waals surface area contributed by atoms with Crippen molar-refractivity contribution >= 4 is 5.97 Å². The second-order valence-electron chi connectivity index (χ2n) is 6.63. The first-order chi connectivity index (χ1) is 11.1. The SMILES string of the molecule is COC(=O)CC(N)c1ccc(OC)c(OC2CC3CCC2C3)c1. The molecule has 126 valence electrons. The first-order valence-corrected chi connectivity index (χ1v) is 8.27. The van der Waals surface area contributed by atoms with Gasteiger partial charge in [0.25, 0.3) is 0 Å². The molecule has 4 atom stereocenters. The number of ether oxygens (including phenoxy) is 3. The molecule has 2 bridgehead atoms. The topological polar surface area (TPSA) is 70.8 Å². The Morgan fingerprint density at radius 1 is 1.26 bits per heavy atom. The largest absolute Gasteiger partial charge is 0.493 e. The maximum absolute atomic E-state index is 11.4. The molecule has 2 aliphatic rings. The zero-order chi connectivity index (χ0) is 16.4. The number of nitrogens with two attached hydrogens (primary N) is 1. The summed E-state index contributed by atoms with van der Waals surface area (Å²) in [4.78, 5) is 11.4. The number of carbonyl (C=O) groups excluding carboxylic acids is 1. The molecule has 0 heterocycles. The summed E-state index contributed by atoms with van der Waals surface area (Å²) in [7, 11) is 3.00. The van der Waals surface area contributed by atoms with Gasteiger partial charge in [-0.1, -0.05) is 6.07 Å². The summed E-state index contributed by atoms with van der Waals surface area (Å²) in [6.07, 6.45) is 5.44. The molecule has 1 aromatic carbocycles. The fourth-order valence-corrected chi connectivity index (χ4v) is 3.89. The summed E-state index contributed by atoms with van der Waals surface area (Å²) in [5.74, 6) is 2.60. The van der Waals surface area contributed by atoms with Gasteiger partial charge in [-0.25, -0.2) is 0 Å². The first kappa shape index (κ1) is 16.1. The second-order valence-corrected chi connectivity index (χ2v) is 6.63. The molecule has 0 saturated heterocycles. The predicted octanol–water partition coefficient (Wildman–Crippen LogP) is 2.83. The molecule has 0 spiro atoms. The number of hydrogen-bond donors (Lipinski definition) is 1. The zero-order valence-electron chi connectivity index (χ0n) is 13.8. The minimum absolute atomic E-state index is 0.149. The molecule has 0 radical (unpaired) electrons. The summed E-state index contributed by atoms with van der Waals surface area (Å²) in [6.45, 7) is 0. The Hall–Kier alpha value is -1.75. The average Bonchev–Trinajstić information content (AvgIpc) is 3.17. The van der Waals surface area contributed by atoms with E-state index in [1.807, 2.05) is 18.2 Å². The van der Waals surface area contributed by atoms with Crippen LogP contribution in [0, 0.1) is 11.8 Å². The summed E-state index contributed by atoms with van der Waals surface area (Å²) < 4.78 is 16.4. The van der Waals surface area contributed by atoms with E-state index in [9.17, 15) is 4.79 Å². The molecule has 2 aliphatic carbocycles. The number of rotatable bonds is 6. The summed E-state index contributed by atoms with van der Waals surface area (Å²) in [5, 5.41) is 0. The lowest BCUT2D eigenvalue weighted by Gasteiger charge is -2.25. The van der Waals surface area contributed by atoms with E-state index >= 15 is 0 Å². The van der Waals surface area contributed by atoms with Crippen molar-refractivity contribution in [2.24, 2.45) is 17.6 Å². The Morgan fingerprint density at radius 3 is 2.70 bits per heavy atom. The standard InChI is InChI=1S/C18H25NO4/c1-21-15-6-5-12(14(19)10-18(20)22-2)9-17(15)23-16-8-11-3-4-13(16)7-11/h5-6,9,11,13-14,16H,3-4,7-8,10,19H2,1-2H3. The fraction of sp³-hybridized carbons (Fsp3) is 0.611. The summed E-state index contributed by atoms with van der Waals surface area (Å²) in [5.41, 5.74) is 6.96. The van der Waals surface area contributed by atoms with Gasteiger partial charge in [0.1, 0.15) is 6.10 Å². The number of esters is 1. The van der Waals surface area contributed by atoms with Crippen LogP contribution >= 0.6 is 0 Å². The van der Waals surface area contributed by atoms with Crippen molar-refractivity contribution in [2.75, 3.05) is 14.2 Å². The molecule has 4 unspecified atom stereocenters. The lowest BCUT2D eigenvalue weighted by atomic mass is 9.97. The molecule has 2 fully saturated rings. The molecular formula is C18H25NO4. The number of benzene rings is 1. The Labute approximate surface area is 137 Å². The van der Waals surface area contributed by atoms with Crippen LogP contribution in [0.5, 0.6) is 11.5 Å². The minimum atomic E-state index is -0.407. The van der Waals surface area contributed by atoms with Gasteiger partial charge in [0.2, 0.25) is 0 Å². The quantitative estimate of drug-likeness (QED) is 0.816. The van der Waals surface area contributed by atoms with E-state index < -0.39 is 6.04 Å². The summed E-state index contributed by atoms with van der Waals surface area (Å²) >= 11 is 0. The fourth-order valence-electron chi connectivity index (χ4n) is 3.89. The minimum Gasteiger partial charge on any atom is -0.493 e. The van der Waals surface area contributed by atoms with Gasteiger partial charge in [-0.05, 0) is 55.2 Å². The normalized spacial score (nSPS) is 26.8. The molecule has 0 amide bonds. The van der Waals surface area contributed by atoms with E-state index in [0.717, 1.165) is 23.7 Å². The predicted molar refractivity (Wildman–Crippen MR) is 86.4 cm³/mol. The summed E-state index contributed by atoms with van der Waals surface area (Å²) in [6, 6.07) is 5.23. The van der Waals surface area contributed by atoms with Crippen LogP contribution in [-0.2, 0) is 9.53 Å². The third-order valence-electron chi connectivity index (χ3n) is 5.18. The lowest BCUT2D eigenvalue weighted by molar-refractivity contribution is -0.141. The van der Waals surface area contributed by atoms with Crippen LogP contribution in [0.2, 0.25) is 0 Å². The first-order valence-electron chi connectivity index (χ1n) is 8.27. The Kier molecular flexibility index (Phi) is 4.76. The molecule has 0 aliphatic heterocycles. The molecule has 23 heavy (non-hydrogen) atoms. The van der Waals surface area contributed by atoms with Crippen LogP contribution in [-0.4, -0.2) is 26.3 Å². The molecule has 0 aromatic heterocycles. The Balaban J connectivity index is 1.75. The monoisotopic (exact) mass is 319 g/mol. The van der Waals surface area contributed by atoms with Crippen LogP contribution in [0.1, 0.15) is 43.7 Å². The molecule has 2 N–H and O–H groups in total. The van der Waals surface area contributed by atoms with Gasteiger partial charge in [0.05, 0.1) is 20.6 Å². The third-order valence-corrected chi connectivity index (χ3v) is 5.18. The highest BCUT2D eigenvalue weighted by Crippen LogP contribution is 2.47. The van der Waals surface area contributed by atoms with Crippen molar-refractivity contribution < 1.29 is 19.0 Å². The molecule has 5 nitrogen and oxygen atoms in total. The van der Waals surface area contributed by atoms with E-state index in [2.05, 4.69) is 4.74 Å². The second kappa shape index (κ2) is 6.79. The van der Waals surface area contributed by atoms with Gasteiger partial charge in [-0.2, -0.15) is 0 Å². The van der Waals surface area contributed by atoms with Crippen LogP contribution in [0.15, 0.2) is 18.2 Å². The Bertz CT molecular complexity index is 574. The number of hydrogen-bond acceptors (Lipinski definition) is 5. The Morgan fingerprint density at radius 2 is 2.09 bits per heavy atom. The van der Waals surface area contributed by atoms with E-state index in [1.54, 1.807) is 7.11 Å². The maximum Gasteiger partial charge on any atom is 0.307 e. The number of fused-ring (bicyclic) bond motifs is 2. The van der Waals surface area contributed by atoms with Gasteiger partial charge in [-0.3, -0.25) is 4.79 Å². The molecular weight excluding hydrogens is 294 g/mol. The lowest BCUT2D eigenvalue weighted by Crippen LogP contribution is -2.24. The highest BCUT2D eigenvalue weighted by Gasteiger charge is 2.41. The van der Waals surface area contributed by atoms with Crippen molar-refractivity contribution in [3.8, 4) is 11.5 Å². The molecule has 2 saturated carbocycles. The molecule has 1 aromatic rings. The average molecular weight is 319 g/mol. The number of methoxy groups -OCH3 is 2. The van der Waals surface area contributed by atoms with Crippen molar-refractivity contribution in [1.82, 2.24) is 0 Å². The van der Waals surface area contributed by atoms with Crippen LogP contribution in [0.4, 0.5) is 0 Å². The van der Waals surface area contributed by atoms with E-state index in [0.29, 0.717) is 11.7 Å². The van der Waals surface area contributed by atoms with Gasteiger partial charge in [-0.15, -0.1) is 0 Å². The van der Waals surface area contributed by atoms with Gasteiger partial charge >= 0.3 is 5.97 Å².